The molecule has 1 heterocycles. The largest absolute Gasteiger partial charge is 0.485 e. The van der Waals surface area contributed by atoms with E-state index in [1.54, 1.807) is 0 Å². The number of ether oxygens (including phenoxy) is 3. The summed E-state index contributed by atoms with van der Waals surface area (Å²) in [5, 5.41) is 26.1. The molecule has 1 aliphatic heterocycles. The molecule has 12 atom stereocenters. The summed E-state index contributed by atoms with van der Waals surface area (Å²) in [4.78, 5) is 28.2. The van der Waals surface area contributed by atoms with Crippen LogP contribution < -0.4 is 5.32 Å². The second kappa shape index (κ2) is 15.1. The van der Waals surface area contributed by atoms with E-state index in [0.717, 1.165) is 68.9 Å². The molecular weight excluding hydrogens is 727 g/mol. The SMILES string of the molecule is C[C@H]1[C@H](C)CC[C@]2(C(=O)NC[C@H](O)[C@H]3OC(=O)C(OCc4ccccc4)=C3OCc3ccccc3)CC[C@]3(C)C(=CC[C@@H]4[C@@]5(C)CC[C@H](O)C(C)(C)[C@@H]5CC[C@]43C)[C@H]12. The summed E-state index contributed by atoms with van der Waals surface area (Å²) in [5.74, 6) is 1.31. The molecule has 1 amide bonds. The molecule has 0 bridgehead atoms. The number of carbonyl (C=O) groups excluding carboxylic acids is 2. The quantitative estimate of drug-likeness (QED) is 0.163. The predicted molar refractivity (Wildman–Crippen MR) is 223 cm³/mol. The van der Waals surface area contributed by atoms with Crippen LogP contribution in [0, 0.1) is 56.7 Å². The van der Waals surface area contributed by atoms with Crippen LogP contribution in [0.1, 0.15) is 117 Å². The van der Waals surface area contributed by atoms with Crippen LogP contribution in [0.3, 0.4) is 0 Å². The third kappa shape index (κ3) is 6.45. The summed E-state index contributed by atoms with van der Waals surface area (Å²) in [6.45, 7) is 17.2. The van der Waals surface area contributed by atoms with Gasteiger partial charge in [-0.3, -0.25) is 4.79 Å². The van der Waals surface area contributed by atoms with Crippen molar-refractivity contribution >= 4 is 11.9 Å². The molecule has 4 saturated carbocycles. The first-order valence-corrected chi connectivity index (χ1v) is 22.2. The Labute approximate surface area is 346 Å². The highest BCUT2D eigenvalue weighted by molar-refractivity contribution is 5.90. The molecule has 4 fully saturated rings. The number of hydrogen-bond donors (Lipinski definition) is 3. The Bertz CT molecular complexity index is 1930. The summed E-state index contributed by atoms with van der Waals surface area (Å²) in [6, 6.07) is 19.2. The van der Waals surface area contributed by atoms with Gasteiger partial charge in [0.2, 0.25) is 11.7 Å². The maximum Gasteiger partial charge on any atom is 0.378 e. The second-order valence-corrected chi connectivity index (χ2v) is 20.5. The number of aliphatic hydroxyl groups excluding tert-OH is 2. The smallest absolute Gasteiger partial charge is 0.378 e. The van der Waals surface area contributed by atoms with E-state index in [-0.39, 0.29) is 70.9 Å². The van der Waals surface area contributed by atoms with Gasteiger partial charge in [0.15, 0.2) is 11.9 Å². The molecule has 314 valence electrons. The zero-order valence-corrected chi connectivity index (χ0v) is 35.9. The Morgan fingerprint density at radius 3 is 2.17 bits per heavy atom. The number of amides is 1. The third-order valence-electron chi connectivity index (χ3n) is 17.6. The van der Waals surface area contributed by atoms with E-state index in [1.165, 1.54) is 5.57 Å². The maximum atomic E-state index is 14.9. The van der Waals surface area contributed by atoms with Crippen LogP contribution in [-0.2, 0) is 37.0 Å². The summed E-state index contributed by atoms with van der Waals surface area (Å²) in [7, 11) is 0. The van der Waals surface area contributed by atoms with Crippen LogP contribution in [0.25, 0.3) is 0 Å². The van der Waals surface area contributed by atoms with Crippen molar-refractivity contribution in [2.24, 2.45) is 56.7 Å². The van der Waals surface area contributed by atoms with Crippen molar-refractivity contribution in [1.29, 1.82) is 0 Å². The first-order chi connectivity index (χ1) is 27.6. The number of hydrogen-bond acceptors (Lipinski definition) is 7. The first kappa shape index (κ1) is 41.1. The van der Waals surface area contributed by atoms with Gasteiger partial charge in [0.25, 0.3) is 0 Å². The highest BCUT2D eigenvalue weighted by Gasteiger charge is 2.69. The van der Waals surface area contributed by atoms with Gasteiger partial charge in [0, 0.05) is 6.54 Å². The van der Waals surface area contributed by atoms with E-state index in [1.807, 2.05) is 60.7 Å². The molecule has 3 N–H and O–H groups in total. The zero-order chi connectivity index (χ0) is 41.3. The fourth-order valence-electron chi connectivity index (χ4n) is 13.8. The number of benzene rings is 2. The fourth-order valence-corrected chi connectivity index (χ4v) is 13.8. The highest BCUT2D eigenvalue weighted by Crippen LogP contribution is 2.75. The van der Waals surface area contributed by atoms with Gasteiger partial charge in [0.05, 0.1) is 11.5 Å². The Balaban J connectivity index is 1.04. The van der Waals surface area contributed by atoms with E-state index in [4.69, 9.17) is 14.2 Å². The first-order valence-electron chi connectivity index (χ1n) is 22.2. The molecule has 2 aromatic carbocycles. The van der Waals surface area contributed by atoms with Crippen LogP contribution in [0.15, 0.2) is 83.8 Å². The molecule has 8 rings (SSSR count). The van der Waals surface area contributed by atoms with Crippen molar-refractivity contribution in [3.8, 4) is 0 Å². The normalized spacial score (nSPS) is 39.5. The van der Waals surface area contributed by atoms with Gasteiger partial charge >= 0.3 is 5.97 Å². The molecule has 0 spiro atoms. The third-order valence-corrected chi connectivity index (χ3v) is 17.6. The molecule has 5 aliphatic carbocycles. The van der Waals surface area contributed by atoms with Crippen LogP contribution >= 0.6 is 0 Å². The van der Waals surface area contributed by atoms with Gasteiger partial charge in [0.1, 0.15) is 19.3 Å². The van der Waals surface area contributed by atoms with E-state index in [9.17, 15) is 19.8 Å². The Hall–Kier alpha value is -3.62. The minimum Gasteiger partial charge on any atom is -0.485 e. The lowest BCUT2D eigenvalue weighted by Gasteiger charge is -2.71. The fraction of sp³-hybridized carbons (Fsp3) is 0.640. The zero-order valence-electron chi connectivity index (χ0n) is 35.9. The molecule has 0 saturated heterocycles. The number of aliphatic hydroxyl groups is 2. The molecular formula is C50H67NO7. The number of nitrogens with one attached hydrogen (secondary N) is 1. The summed E-state index contributed by atoms with van der Waals surface area (Å²) >= 11 is 0. The van der Waals surface area contributed by atoms with Crippen LogP contribution in [0.2, 0.25) is 0 Å². The highest BCUT2D eigenvalue weighted by atomic mass is 16.6. The van der Waals surface area contributed by atoms with Crippen LogP contribution in [0.4, 0.5) is 0 Å². The van der Waals surface area contributed by atoms with Crippen molar-refractivity contribution in [3.63, 3.8) is 0 Å². The number of rotatable bonds is 10. The van der Waals surface area contributed by atoms with Crippen molar-refractivity contribution in [2.45, 2.75) is 138 Å². The lowest BCUT2D eigenvalue weighted by molar-refractivity contribution is -0.204. The molecule has 2 aromatic rings. The topological polar surface area (TPSA) is 114 Å². The lowest BCUT2D eigenvalue weighted by Crippen LogP contribution is -2.66. The van der Waals surface area contributed by atoms with Crippen LogP contribution in [-0.4, -0.2) is 46.9 Å². The molecule has 0 radical (unpaired) electrons. The summed E-state index contributed by atoms with van der Waals surface area (Å²) in [6.07, 6.45) is 8.74. The van der Waals surface area contributed by atoms with E-state index in [2.05, 4.69) is 59.9 Å². The van der Waals surface area contributed by atoms with Crippen LogP contribution in [0.5, 0.6) is 0 Å². The average Bonchev–Trinajstić information content (AvgIpc) is 3.53. The summed E-state index contributed by atoms with van der Waals surface area (Å²) in [5.41, 5.74) is 2.80. The summed E-state index contributed by atoms with van der Waals surface area (Å²) < 4.78 is 18.0. The molecule has 0 unspecified atom stereocenters. The van der Waals surface area contributed by atoms with E-state index < -0.39 is 23.6 Å². The second-order valence-electron chi connectivity index (χ2n) is 20.5. The van der Waals surface area contributed by atoms with Gasteiger partial charge in [-0.15, -0.1) is 0 Å². The van der Waals surface area contributed by atoms with Gasteiger partial charge in [-0.05, 0) is 120 Å². The number of fused-ring (bicyclic) bond motifs is 7. The van der Waals surface area contributed by atoms with Crippen molar-refractivity contribution in [3.05, 3.63) is 95.0 Å². The lowest BCUT2D eigenvalue weighted by atomic mass is 9.33. The van der Waals surface area contributed by atoms with Crippen molar-refractivity contribution < 1.29 is 34.0 Å². The maximum absolute atomic E-state index is 14.9. The molecule has 8 heteroatoms. The Kier molecular flexibility index (Phi) is 10.7. The molecule has 8 nitrogen and oxygen atoms in total. The van der Waals surface area contributed by atoms with Gasteiger partial charge in [-0.25, -0.2) is 4.79 Å². The van der Waals surface area contributed by atoms with Gasteiger partial charge in [-0.1, -0.05) is 121 Å². The minimum atomic E-state index is -1.25. The van der Waals surface area contributed by atoms with Gasteiger partial charge < -0.3 is 29.7 Å². The molecule has 6 aliphatic rings. The average molecular weight is 794 g/mol. The van der Waals surface area contributed by atoms with Crippen molar-refractivity contribution in [1.82, 2.24) is 5.32 Å². The number of allylic oxidation sites excluding steroid dienone is 2. The van der Waals surface area contributed by atoms with E-state index >= 15 is 0 Å². The predicted octanol–water partition coefficient (Wildman–Crippen LogP) is 9.05. The number of cyclic esters (lactones) is 1. The van der Waals surface area contributed by atoms with E-state index in [0.29, 0.717) is 23.7 Å². The molecule has 0 aromatic heterocycles. The Morgan fingerprint density at radius 2 is 1.50 bits per heavy atom. The standard InChI is InChI=1S/C50H67NO7/c1-31-20-25-50(27-26-48(6)35(40(50)32(31)2)18-19-38-47(5)23-22-39(53)46(3,4)37(47)21-24-49(38,48)7)45(55)51-28-36(52)41-42(56-29-33-14-10-8-11-15-33)43(44(54)58-41)57-30-34-16-12-9-13-17-34/h8-18,31-32,36-41,52-53H,19-30H2,1-7H3,(H,51,55)/t31-,32+,36+,37+,38-,39+,40+,41-,47+,48-,49-,50+/m1/s1. The van der Waals surface area contributed by atoms with Crippen molar-refractivity contribution in [2.75, 3.05) is 6.54 Å². The minimum absolute atomic E-state index is 0.00942. The number of esters is 1. The monoisotopic (exact) mass is 793 g/mol. The number of carbonyl (C=O) groups is 2. The molecule has 58 heavy (non-hydrogen) atoms. The van der Waals surface area contributed by atoms with Gasteiger partial charge in [-0.2, -0.15) is 0 Å². The Morgan fingerprint density at radius 1 is 0.845 bits per heavy atom.